The van der Waals surface area contributed by atoms with Gasteiger partial charge in [0.15, 0.2) is 5.82 Å². The molecule has 0 fully saturated rings. The predicted octanol–water partition coefficient (Wildman–Crippen LogP) is 13.4. The fraction of sp³-hybridized carbons (Fsp3) is 0. The molecule has 0 aliphatic rings. The molecule has 4 aromatic heterocycles. The lowest BCUT2D eigenvalue weighted by Gasteiger charge is -2.26. The number of nitrogens with zero attached hydrogens (tertiary/aromatic N) is 6. The topological polar surface area (TPSA) is 51.8 Å². The van der Waals surface area contributed by atoms with Gasteiger partial charge in [-0.05, 0) is 125 Å². The molecule has 4 heterocycles. The fourth-order valence-electron chi connectivity index (χ4n) is 8.35. The Labute approximate surface area is 341 Å². The first-order valence-electron chi connectivity index (χ1n) is 19.7. The number of fused-ring (bicyclic) bond motifs is 5. The Morgan fingerprint density at radius 1 is 0.407 bits per heavy atom. The molecule has 0 radical (unpaired) electrons. The Morgan fingerprint density at radius 3 is 1.66 bits per heavy atom. The second kappa shape index (κ2) is 14.4. The molecule has 11 aromatic rings. The third-order valence-corrected chi connectivity index (χ3v) is 11.2. The quantitative estimate of drug-likeness (QED) is 0.155. The van der Waals surface area contributed by atoms with Gasteiger partial charge in [-0.3, -0.25) is 4.98 Å². The normalized spacial score (nSPS) is 11.4. The fourth-order valence-corrected chi connectivity index (χ4v) is 8.35. The minimum atomic E-state index is 0.703. The van der Waals surface area contributed by atoms with Gasteiger partial charge in [0.1, 0.15) is 0 Å². The van der Waals surface area contributed by atoms with Crippen molar-refractivity contribution in [3.63, 3.8) is 0 Å². The minimum absolute atomic E-state index is 0.703. The van der Waals surface area contributed by atoms with Gasteiger partial charge in [-0.1, -0.05) is 84.9 Å². The summed E-state index contributed by atoms with van der Waals surface area (Å²) >= 11 is 0. The Balaban J connectivity index is 1.02. The highest BCUT2D eigenvalue weighted by Gasteiger charge is 2.19. The monoisotopic (exact) mass is 756 g/mol. The minimum Gasteiger partial charge on any atom is -0.315 e. The lowest BCUT2D eigenvalue weighted by molar-refractivity contribution is 1.12. The van der Waals surface area contributed by atoms with Crippen LogP contribution in [0.2, 0.25) is 0 Å². The van der Waals surface area contributed by atoms with Gasteiger partial charge in [0.25, 0.3) is 0 Å². The maximum atomic E-state index is 4.46. The van der Waals surface area contributed by atoms with Gasteiger partial charge in [0.05, 0.1) is 16.6 Å². The Bertz CT molecular complexity index is 3130. The van der Waals surface area contributed by atoms with Crippen LogP contribution < -0.4 is 4.90 Å². The number of hydrogen-bond acceptors (Lipinski definition) is 4. The first-order valence-corrected chi connectivity index (χ1v) is 19.7. The van der Waals surface area contributed by atoms with E-state index in [0.717, 1.165) is 56.3 Å². The zero-order valence-corrected chi connectivity index (χ0v) is 32.0. The molecule has 0 saturated carbocycles. The van der Waals surface area contributed by atoms with E-state index in [1.165, 1.54) is 32.7 Å². The average Bonchev–Trinajstić information content (AvgIpc) is 3.90. The van der Waals surface area contributed by atoms with Crippen LogP contribution in [0.5, 0.6) is 0 Å². The first-order chi connectivity index (χ1) is 29.3. The van der Waals surface area contributed by atoms with Gasteiger partial charge in [0, 0.05) is 81.1 Å². The molecular weight excluding hydrogens is 721 g/mol. The van der Waals surface area contributed by atoms with Crippen LogP contribution in [-0.2, 0) is 0 Å². The Morgan fingerprint density at radius 2 is 1.02 bits per heavy atom. The molecule has 0 aliphatic heterocycles. The molecule has 0 unspecified atom stereocenters. The van der Waals surface area contributed by atoms with Crippen molar-refractivity contribution in [3.05, 3.63) is 219 Å². The van der Waals surface area contributed by atoms with Crippen molar-refractivity contribution >= 4 is 49.8 Å². The maximum absolute atomic E-state index is 4.46. The van der Waals surface area contributed by atoms with Gasteiger partial charge in [-0.25, -0.2) is 9.97 Å². The largest absolute Gasteiger partial charge is 0.315 e. The summed E-state index contributed by atoms with van der Waals surface area (Å²) in [6.07, 6.45) is 9.43. The number of pyridine rings is 1. The molecule has 0 amide bonds. The van der Waals surface area contributed by atoms with Crippen molar-refractivity contribution in [2.45, 2.75) is 0 Å². The second-order valence-electron chi connectivity index (χ2n) is 14.6. The van der Waals surface area contributed by atoms with Crippen molar-refractivity contribution in [2.75, 3.05) is 4.90 Å². The highest BCUT2D eigenvalue weighted by molar-refractivity contribution is 6.18. The van der Waals surface area contributed by atoms with Crippen molar-refractivity contribution in [1.29, 1.82) is 0 Å². The molecule has 0 aliphatic carbocycles. The van der Waals surface area contributed by atoms with Gasteiger partial charge in [-0.15, -0.1) is 0 Å². The summed E-state index contributed by atoms with van der Waals surface area (Å²) < 4.78 is 4.74. The van der Waals surface area contributed by atoms with E-state index in [0.29, 0.717) is 5.82 Å². The summed E-state index contributed by atoms with van der Waals surface area (Å²) in [6.45, 7) is 0. The lowest BCUT2D eigenvalue weighted by atomic mass is 10.0. The van der Waals surface area contributed by atoms with Gasteiger partial charge in [-0.2, -0.15) is 0 Å². The molecule has 6 heteroatoms. The van der Waals surface area contributed by atoms with Gasteiger partial charge < -0.3 is 14.0 Å². The number of benzene rings is 7. The van der Waals surface area contributed by atoms with Crippen LogP contribution in [0.3, 0.4) is 0 Å². The van der Waals surface area contributed by atoms with E-state index in [4.69, 9.17) is 0 Å². The Kier molecular flexibility index (Phi) is 8.37. The first kappa shape index (κ1) is 34.2. The molecule has 0 bridgehead atoms. The molecule has 0 spiro atoms. The zero-order valence-electron chi connectivity index (χ0n) is 32.0. The third kappa shape index (κ3) is 6.11. The summed E-state index contributed by atoms with van der Waals surface area (Å²) in [6, 6.07) is 66.8. The SMILES string of the molecule is c1ccc(-n2ccc3ccc4c5cc(-c6ccc(N(c7ccc(-c8cccnc8)cc7)c7ccc(-c8ncccn8)cc7)cc6)ccc5n(-c5ccccc5)c4c32)cc1. The molecule has 59 heavy (non-hydrogen) atoms. The molecule has 0 atom stereocenters. The molecule has 7 aromatic carbocycles. The summed E-state index contributed by atoms with van der Waals surface area (Å²) in [4.78, 5) is 15.5. The van der Waals surface area contributed by atoms with Crippen LogP contribution in [0.25, 0.3) is 77.7 Å². The average molecular weight is 757 g/mol. The van der Waals surface area contributed by atoms with E-state index in [2.05, 4.69) is 211 Å². The summed E-state index contributed by atoms with van der Waals surface area (Å²) in [5.41, 5.74) is 14.4. The van der Waals surface area contributed by atoms with Crippen LogP contribution in [-0.4, -0.2) is 24.1 Å². The van der Waals surface area contributed by atoms with Crippen molar-refractivity contribution in [2.24, 2.45) is 0 Å². The number of rotatable bonds is 8. The highest BCUT2D eigenvalue weighted by Crippen LogP contribution is 2.41. The number of anilines is 3. The molecule has 11 rings (SSSR count). The summed E-state index contributed by atoms with van der Waals surface area (Å²) in [7, 11) is 0. The molecule has 6 nitrogen and oxygen atoms in total. The van der Waals surface area contributed by atoms with Crippen LogP contribution in [0, 0.1) is 0 Å². The van der Waals surface area contributed by atoms with Crippen LogP contribution in [0.15, 0.2) is 219 Å². The molecule has 278 valence electrons. The number of aromatic nitrogens is 5. The predicted molar refractivity (Wildman–Crippen MR) is 242 cm³/mol. The van der Waals surface area contributed by atoms with E-state index in [1.807, 2.05) is 18.3 Å². The van der Waals surface area contributed by atoms with Gasteiger partial charge in [0.2, 0.25) is 0 Å². The molecular formula is C53H36N6. The molecule has 0 N–H and O–H groups in total. The highest BCUT2D eigenvalue weighted by atomic mass is 15.1. The van der Waals surface area contributed by atoms with Crippen molar-refractivity contribution in [1.82, 2.24) is 24.1 Å². The summed E-state index contributed by atoms with van der Waals surface area (Å²) in [5, 5.41) is 3.64. The van der Waals surface area contributed by atoms with Crippen molar-refractivity contribution < 1.29 is 0 Å². The van der Waals surface area contributed by atoms with Crippen LogP contribution in [0.1, 0.15) is 0 Å². The summed E-state index contributed by atoms with van der Waals surface area (Å²) in [5.74, 6) is 0.703. The van der Waals surface area contributed by atoms with E-state index in [1.54, 1.807) is 18.6 Å². The lowest BCUT2D eigenvalue weighted by Crippen LogP contribution is -2.09. The smallest absolute Gasteiger partial charge is 0.159 e. The van der Waals surface area contributed by atoms with E-state index in [9.17, 15) is 0 Å². The third-order valence-electron chi connectivity index (χ3n) is 11.2. The standard InChI is InChI=1S/C53H36N6/c1-3-10-43(11-4-1)57-34-30-39-20-28-48-49-35-41(21-29-50(49)59(52(48)51(39)57)44-12-5-2-6-13-44)37-14-22-45(23-15-37)58(46-24-16-38(17-25-46)42-9-7-31-54-36-42)47-26-18-40(19-27-47)53-55-32-8-33-56-53/h1-36H. The maximum Gasteiger partial charge on any atom is 0.159 e. The van der Waals surface area contributed by atoms with Crippen LogP contribution >= 0.6 is 0 Å². The number of para-hydroxylation sites is 2. The molecule has 0 saturated heterocycles. The van der Waals surface area contributed by atoms with Gasteiger partial charge >= 0.3 is 0 Å². The van der Waals surface area contributed by atoms with E-state index >= 15 is 0 Å². The van der Waals surface area contributed by atoms with Crippen molar-refractivity contribution in [3.8, 4) is 45.0 Å². The van der Waals surface area contributed by atoms with E-state index in [-0.39, 0.29) is 0 Å². The zero-order chi connectivity index (χ0) is 39.1. The number of hydrogen-bond donors (Lipinski definition) is 0. The second-order valence-corrected chi connectivity index (χ2v) is 14.6. The Hall–Kier alpha value is -8.09. The van der Waals surface area contributed by atoms with Crippen LogP contribution in [0.4, 0.5) is 17.1 Å². The van der Waals surface area contributed by atoms with E-state index < -0.39 is 0 Å².